The molecule has 2 rings (SSSR count). The number of amides is 2. The number of primary amides is 1. The first kappa shape index (κ1) is 12.9. The molecule has 2 amide bonds. The highest BCUT2D eigenvalue weighted by atomic mass is 16.4. The van der Waals surface area contributed by atoms with E-state index in [1.165, 1.54) is 4.90 Å². The summed E-state index contributed by atoms with van der Waals surface area (Å²) in [6.07, 6.45) is 2.96. The minimum atomic E-state index is -1.24. The number of rotatable bonds is 3. The Morgan fingerprint density at radius 1 is 1.22 bits per heavy atom. The minimum Gasteiger partial charge on any atom is -0.480 e. The summed E-state index contributed by atoms with van der Waals surface area (Å²) in [5.74, 6) is -2.13. The largest absolute Gasteiger partial charge is 0.480 e. The van der Waals surface area contributed by atoms with Gasteiger partial charge in [-0.2, -0.15) is 0 Å². The molecule has 1 saturated carbocycles. The van der Waals surface area contributed by atoms with Gasteiger partial charge in [-0.3, -0.25) is 14.4 Å². The van der Waals surface area contributed by atoms with Crippen LogP contribution in [0.2, 0.25) is 0 Å². The molecule has 3 N–H and O–H groups in total. The highest BCUT2D eigenvalue weighted by Crippen LogP contribution is 2.43. The lowest BCUT2D eigenvalue weighted by Crippen LogP contribution is -2.55. The Balaban J connectivity index is 2.09. The summed E-state index contributed by atoms with van der Waals surface area (Å²) in [6.45, 7) is 0.792. The van der Waals surface area contributed by atoms with Crippen LogP contribution < -0.4 is 5.73 Å². The lowest BCUT2D eigenvalue weighted by atomic mass is 9.67. The number of likely N-dealkylation sites (tertiary alicyclic amines) is 1. The van der Waals surface area contributed by atoms with Gasteiger partial charge in [-0.15, -0.1) is 0 Å². The van der Waals surface area contributed by atoms with Crippen LogP contribution in [-0.4, -0.2) is 40.9 Å². The first-order chi connectivity index (χ1) is 8.47. The van der Waals surface area contributed by atoms with E-state index < -0.39 is 17.3 Å². The van der Waals surface area contributed by atoms with Crippen LogP contribution in [0.15, 0.2) is 0 Å². The van der Waals surface area contributed by atoms with Crippen molar-refractivity contribution in [1.29, 1.82) is 0 Å². The van der Waals surface area contributed by atoms with Gasteiger partial charge in [-0.1, -0.05) is 6.42 Å². The molecule has 1 heterocycles. The maximum atomic E-state index is 12.3. The van der Waals surface area contributed by atoms with Crippen LogP contribution in [0.4, 0.5) is 0 Å². The van der Waals surface area contributed by atoms with E-state index in [2.05, 4.69) is 0 Å². The third-order valence-electron chi connectivity index (χ3n) is 4.14. The number of carbonyl (C=O) groups is 3. The van der Waals surface area contributed by atoms with E-state index >= 15 is 0 Å². The van der Waals surface area contributed by atoms with Crippen LogP contribution >= 0.6 is 0 Å². The summed E-state index contributed by atoms with van der Waals surface area (Å²) in [5, 5.41) is 9.22. The predicted octanol–water partition coefficient (Wildman–Crippen LogP) is -0.0348. The average molecular weight is 254 g/mol. The van der Waals surface area contributed by atoms with Gasteiger partial charge in [0.25, 0.3) is 0 Å². The fourth-order valence-corrected chi connectivity index (χ4v) is 2.75. The minimum absolute atomic E-state index is 0.267. The van der Waals surface area contributed by atoms with Crippen molar-refractivity contribution in [3.8, 4) is 0 Å². The summed E-state index contributed by atoms with van der Waals surface area (Å²) in [5.41, 5.74) is 4.02. The Kier molecular flexibility index (Phi) is 3.28. The lowest BCUT2D eigenvalue weighted by molar-refractivity contribution is -0.168. The molecule has 6 nitrogen and oxygen atoms in total. The van der Waals surface area contributed by atoms with Crippen LogP contribution in [0, 0.1) is 11.3 Å². The number of carboxylic acids is 1. The molecule has 18 heavy (non-hydrogen) atoms. The summed E-state index contributed by atoms with van der Waals surface area (Å²) in [6, 6.07) is 0. The lowest BCUT2D eigenvalue weighted by Gasteiger charge is -2.42. The molecule has 0 spiro atoms. The molecule has 6 heteroatoms. The number of aliphatic carboxylic acids is 1. The zero-order valence-corrected chi connectivity index (χ0v) is 10.2. The first-order valence-corrected chi connectivity index (χ1v) is 6.29. The first-order valence-electron chi connectivity index (χ1n) is 6.29. The van der Waals surface area contributed by atoms with Crippen molar-refractivity contribution in [3.05, 3.63) is 0 Å². The Morgan fingerprint density at radius 2 is 1.89 bits per heavy atom. The molecule has 1 aliphatic heterocycles. The molecule has 1 unspecified atom stereocenters. The van der Waals surface area contributed by atoms with E-state index in [9.17, 15) is 19.5 Å². The van der Waals surface area contributed by atoms with Crippen molar-refractivity contribution >= 4 is 17.8 Å². The van der Waals surface area contributed by atoms with Crippen molar-refractivity contribution in [1.82, 2.24) is 4.90 Å². The number of nitrogens with zero attached hydrogens (tertiary/aromatic N) is 1. The highest BCUT2D eigenvalue weighted by Gasteiger charge is 2.53. The summed E-state index contributed by atoms with van der Waals surface area (Å²) >= 11 is 0. The molecule has 1 atom stereocenters. The second-order valence-electron chi connectivity index (χ2n) is 5.23. The van der Waals surface area contributed by atoms with Crippen molar-refractivity contribution in [2.45, 2.75) is 32.1 Å². The third-order valence-corrected chi connectivity index (χ3v) is 4.14. The third kappa shape index (κ3) is 1.95. The van der Waals surface area contributed by atoms with Gasteiger partial charge in [0.2, 0.25) is 11.8 Å². The van der Waals surface area contributed by atoms with Gasteiger partial charge >= 0.3 is 5.97 Å². The van der Waals surface area contributed by atoms with E-state index in [-0.39, 0.29) is 18.4 Å². The van der Waals surface area contributed by atoms with Crippen molar-refractivity contribution < 1.29 is 19.5 Å². The smallest absolute Gasteiger partial charge is 0.319 e. The fraction of sp³-hybridized carbons (Fsp3) is 0.750. The van der Waals surface area contributed by atoms with E-state index in [1.807, 2.05) is 0 Å². The monoisotopic (exact) mass is 254 g/mol. The fourth-order valence-electron chi connectivity index (χ4n) is 2.75. The van der Waals surface area contributed by atoms with E-state index in [0.29, 0.717) is 32.2 Å². The summed E-state index contributed by atoms with van der Waals surface area (Å²) in [4.78, 5) is 36.2. The quantitative estimate of drug-likeness (QED) is 0.690. The van der Waals surface area contributed by atoms with Crippen LogP contribution in [-0.2, 0) is 14.4 Å². The van der Waals surface area contributed by atoms with Crippen LogP contribution in [0.3, 0.4) is 0 Å². The maximum Gasteiger partial charge on any atom is 0.319 e. The van der Waals surface area contributed by atoms with E-state index in [0.717, 1.165) is 6.42 Å². The van der Waals surface area contributed by atoms with E-state index in [4.69, 9.17) is 5.73 Å². The molecular formula is C12H18N2O4. The Bertz CT molecular complexity index is 390. The molecule has 2 fully saturated rings. The van der Waals surface area contributed by atoms with Crippen molar-refractivity contribution in [3.63, 3.8) is 0 Å². The standard InChI is InChI=1S/C12H18N2O4/c13-9(15)8-3-1-6-14(7-8)10(16)12(11(17)18)4-2-5-12/h8H,1-7H2,(H2,13,15)(H,17,18). The number of hydrogen-bond donors (Lipinski definition) is 2. The number of piperidine rings is 1. The summed E-state index contributed by atoms with van der Waals surface area (Å²) in [7, 11) is 0. The highest BCUT2D eigenvalue weighted by molar-refractivity contribution is 6.03. The molecule has 100 valence electrons. The second kappa shape index (κ2) is 4.59. The molecule has 0 aromatic heterocycles. The van der Waals surface area contributed by atoms with Gasteiger partial charge < -0.3 is 15.7 Å². The van der Waals surface area contributed by atoms with Gasteiger partial charge in [0.1, 0.15) is 5.41 Å². The SMILES string of the molecule is NC(=O)C1CCCN(C(=O)C2(C(=O)O)CCC2)C1. The Hall–Kier alpha value is -1.59. The van der Waals surface area contributed by atoms with Crippen molar-refractivity contribution in [2.24, 2.45) is 17.1 Å². The van der Waals surface area contributed by atoms with E-state index in [1.54, 1.807) is 0 Å². The van der Waals surface area contributed by atoms with Crippen LogP contribution in [0.25, 0.3) is 0 Å². The van der Waals surface area contributed by atoms with Gasteiger partial charge in [-0.05, 0) is 25.7 Å². The normalized spacial score (nSPS) is 26.2. The van der Waals surface area contributed by atoms with Crippen LogP contribution in [0.1, 0.15) is 32.1 Å². The predicted molar refractivity (Wildman–Crippen MR) is 62.4 cm³/mol. The molecule has 0 bridgehead atoms. The number of hydrogen-bond acceptors (Lipinski definition) is 3. The van der Waals surface area contributed by atoms with Crippen molar-refractivity contribution in [2.75, 3.05) is 13.1 Å². The summed E-state index contributed by atoms with van der Waals surface area (Å²) < 4.78 is 0. The number of nitrogens with two attached hydrogens (primary N) is 1. The number of carbonyl (C=O) groups excluding carboxylic acids is 2. The van der Waals surface area contributed by atoms with Gasteiger partial charge in [0, 0.05) is 13.1 Å². The number of carboxylic acid groups (broad SMARTS) is 1. The second-order valence-corrected chi connectivity index (χ2v) is 5.23. The zero-order valence-electron chi connectivity index (χ0n) is 10.2. The molecule has 1 aliphatic carbocycles. The zero-order chi connectivity index (χ0) is 13.3. The molecule has 0 aromatic rings. The molecule has 0 radical (unpaired) electrons. The van der Waals surface area contributed by atoms with Crippen LogP contribution in [0.5, 0.6) is 0 Å². The van der Waals surface area contributed by atoms with Gasteiger partial charge in [0.05, 0.1) is 5.92 Å². The maximum absolute atomic E-state index is 12.3. The molecule has 0 aromatic carbocycles. The van der Waals surface area contributed by atoms with Gasteiger partial charge in [-0.25, -0.2) is 0 Å². The Morgan fingerprint density at radius 3 is 2.33 bits per heavy atom. The topological polar surface area (TPSA) is 101 Å². The van der Waals surface area contributed by atoms with Gasteiger partial charge in [0.15, 0.2) is 0 Å². The average Bonchev–Trinajstić information content (AvgIpc) is 2.27. The molecular weight excluding hydrogens is 236 g/mol. The molecule has 2 aliphatic rings. The Labute approximate surface area is 105 Å². The molecule has 1 saturated heterocycles.